The highest BCUT2D eigenvalue weighted by Gasteiger charge is 2.40. The fraction of sp³-hybridized carbons (Fsp3) is 0.286. The van der Waals surface area contributed by atoms with Crippen molar-refractivity contribution in [3.63, 3.8) is 0 Å². The fourth-order valence-corrected chi connectivity index (χ4v) is 4.11. The van der Waals surface area contributed by atoms with Crippen LogP contribution in [0.5, 0.6) is 5.75 Å². The fourth-order valence-electron chi connectivity index (χ4n) is 2.96. The van der Waals surface area contributed by atoms with Crippen LogP contribution in [0.4, 0.5) is 4.79 Å². The highest BCUT2D eigenvalue weighted by Crippen LogP contribution is 2.31. The summed E-state index contributed by atoms with van der Waals surface area (Å²) in [5.41, 5.74) is 2.35. The van der Waals surface area contributed by atoms with Crippen LogP contribution in [0.2, 0.25) is 0 Å². The molecule has 2 amide bonds. The molecule has 1 fully saturated rings. The third kappa shape index (κ3) is 4.32. The molecule has 138 valence electrons. The number of nitriles is 1. The van der Waals surface area contributed by atoms with Gasteiger partial charge in [-0.05, 0) is 44.0 Å². The summed E-state index contributed by atoms with van der Waals surface area (Å²) in [5, 5.41) is 8.58. The number of ether oxygens (including phenoxy) is 1. The second kappa shape index (κ2) is 8.28. The molecule has 0 bridgehead atoms. The molecule has 5 nitrogen and oxygen atoms in total. The van der Waals surface area contributed by atoms with Gasteiger partial charge in [0, 0.05) is 11.6 Å². The second-order valence-corrected chi connectivity index (χ2v) is 7.74. The average molecular weight is 380 g/mol. The Morgan fingerprint density at radius 2 is 1.96 bits per heavy atom. The first-order chi connectivity index (χ1) is 13.0. The van der Waals surface area contributed by atoms with E-state index >= 15 is 0 Å². The van der Waals surface area contributed by atoms with Crippen LogP contribution >= 0.6 is 11.8 Å². The minimum Gasteiger partial charge on any atom is -0.489 e. The third-order valence-corrected chi connectivity index (χ3v) is 5.37. The van der Waals surface area contributed by atoms with Crippen molar-refractivity contribution in [2.45, 2.75) is 38.2 Å². The third-order valence-electron chi connectivity index (χ3n) is 4.32. The van der Waals surface area contributed by atoms with E-state index < -0.39 is 5.25 Å². The summed E-state index contributed by atoms with van der Waals surface area (Å²) < 4.78 is 5.83. The lowest BCUT2D eigenvalue weighted by Crippen LogP contribution is -2.37. The molecule has 0 radical (unpaired) electrons. The van der Waals surface area contributed by atoms with Crippen LogP contribution in [0.3, 0.4) is 0 Å². The summed E-state index contributed by atoms with van der Waals surface area (Å²) in [6, 6.07) is 16.9. The normalized spacial score (nSPS) is 16.7. The maximum atomic E-state index is 12.5. The number of rotatable bonds is 6. The molecule has 27 heavy (non-hydrogen) atoms. The molecule has 1 aliphatic rings. The van der Waals surface area contributed by atoms with Crippen LogP contribution in [0.25, 0.3) is 0 Å². The summed E-state index contributed by atoms with van der Waals surface area (Å²) in [7, 11) is 0. The summed E-state index contributed by atoms with van der Waals surface area (Å²) >= 11 is 1.09. The number of hydrogen-bond acceptors (Lipinski definition) is 5. The molecule has 1 atom stereocenters. The molecule has 0 saturated carbocycles. The molecule has 2 aromatic rings. The summed E-state index contributed by atoms with van der Waals surface area (Å²) in [6.45, 7) is 3.97. The highest BCUT2D eigenvalue weighted by molar-refractivity contribution is 8.15. The van der Waals surface area contributed by atoms with Gasteiger partial charge in [-0.1, -0.05) is 42.1 Å². The largest absolute Gasteiger partial charge is 0.489 e. The molecule has 0 spiro atoms. The van der Waals surface area contributed by atoms with E-state index in [-0.39, 0.29) is 17.2 Å². The van der Waals surface area contributed by atoms with Crippen molar-refractivity contribution in [1.82, 2.24) is 4.90 Å². The van der Waals surface area contributed by atoms with Crippen molar-refractivity contribution in [2.24, 2.45) is 0 Å². The maximum absolute atomic E-state index is 12.5. The molecule has 1 saturated heterocycles. The number of nitrogens with zero attached hydrogens (tertiary/aromatic N) is 2. The van der Waals surface area contributed by atoms with Gasteiger partial charge in [0.25, 0.3) is 5.24 Å². The predicted octanol–water partition coefficient (Wildman–Crippen LogP) is 4.15. The van der Waals surface area contributed by atoms with Crippen molar-refractivity contribution in [2.75, 3.05) is 0 Å². The number of thioether (sulfide) groups is 1. The average Bonchev–Trinajstić information content (AvgIpc) is 2.94. The molecule has 6 heteroatoms. The van der Waals surface area contributed by atoms with Gasteiger partial charge in [0.1, 0.15) is 12.4 Å². The van der Waals surface area contributed by atoms with Crippen molar-refractivity contribution in [1.29, 1.82) is 5.26 Å². The summed E-state index contributed by atoms with van der Waals surface area (Å²) in [5.74, 6) is 0.539. The first kappa shape index (κ1) is 19.0. The topological polar surface area (TPSA) is 70.4 Å². The number of imide groups is 1. The van der Waals surface area contributed by atoms with E-state index in [0.29, 0.717) is 24.3 Å². The van der Waals surface area contributed by atoms with Gasteiger partial charge in [-0.15, -0.1) is 0 Å². The predicted molar refractivity (Wildman–Crippen MR) is 104 cm³/mol. The van der Waals surface area contributed by atoms with Gasteiger partial charge < -0.3 is 4.74 Å². The van der Waals surface area contributed by atoms with E-state index in [1.807, 2.05) is 56.3 Å². The number of amides is 2. The molecule has 1 aliphatic heterocycles. The van der Waals surface area contributed by atoms with E-state index in [4.69, 9.17) is 10.00 Å². The van der Waals surface area contributed by atoms with Crippen LogP contribution in [0, 0.1) is 11.3 Å². The molecule has 2 aromatic carbocycles. The Hall–Kier alpha value is -2.78. The van der Waals surface area contributed by atoms with Gasteiger partial charge in [0.05, 0.1) is 16.9 Å². The van der Waals surface area contributed by atoms with E-state index in [9.17, 15) is 9.59 Å². The van der Waals surface area contributed by atoms with Crippen LogP contribution in [0.15, 0.2) is 48.5 Å². The lowest BCUT2D eigenvalue weighted by molar-refractivity contribution is -0.127. The number of carbonyl (C=O) groups excluding carboxylic acids is 2. The molecular formula is C21H20N2O3S. The van der Waals surface area contributed by atoms with E-state index in [1.165, 1.54) is 4.90 Å². The number of carbonyl (C=O) groups is 2. The van der Waals surface area contributed by atoms with Crippen molar-refractivity contribution in [3.8, 4) is 11.8 Å². The Balaban J connectivity index is 1.67. The molecule has 0 aromatic heterocycles. The SMILES string of the molecule is CC(C)N1C(=O)SC(Cc2cccc(OCc3ccccc3C#N)c2)C1=O. The van der Waals surface area contributed by atoms with Crippen LogP contribution in [-0.2, 0) is 17.8 Å². The number of benzene rings is 2. The Labute approximate surface area is 162 Å². The smallest absolute Gasteiger partial charge is 0.289 e. The first-order valence-electron chi connectivity index (χ1n) is 8.73. The molecule has 1 heterocycles. The molecule has 0 N–H and O–H groups in total. The molecule has 1 unspecified atom stereocenters. The lowest BCUT2D eigenvalue weighted by Gasteiger charge is -2.17. The minimum atomic E-state index is -0.394. The van der Waals surface area contributed by atoms with Gasteiger partial charge in [0.2, 0.25) is 5.91 Å². The Bertz CT molecular complexity index is 904. The second-order valence-electron chi connectivity index (χ2n) is 6.58. The van der Waals surface area contributed by atoms with Crippen LogP contribution in [-0.4, -0.2) is 27.3 Å². The van der Waals surface area contributed by atoms with Gasteiger partial charge in [-0.3, -0.25) is 14.5 Å². The van der Waals surface area contributed by atoms with Crippen molar-refractivity contribution >= 4 is 22.9 Å². The monoisotopic (exact) mass is 380 g/mol. The summed E-state index contributed by atoms with van der Waals surface area (Å²) in [6.07, 6.45) is 0.477. The lowest BCUT2D eigenvalue weighted by atomic mass is 10.1. The van der Waals surface area contributed by atoms with Gasteiger partial charge in [-0.2, -0.15) is 5.26 Å². The van der Waals surface area contributed by atoms with E-state index in [1.54, 1.807) is 6.07 Å². The molecule has 0 aliphatic carbocycles. The standard InChI is InChI=1S/C21H20N2O3S/c1-14(2)23-20(24)19(27-21(23)25)11-15-6-5-9-18(10-15)26-13-17-8-4-3-7-16(17)12-22/h3-10,14,19H,11,13H2,1-2H3. The van der Waals surface area contributed by atoms with Crippen LogP contribution < -0.4 is 4.74 Å². The van der Waals surface area contributed by atoms with E-state index in [0.717, 1.165) is 22.9 Å². The first-order valence-corrected chi connectivity index (χ1v) is 9.61. The molecular weight excluding hydrogens is 360 g/mol. The Morgan fingerprint density at radius 3 is 2.67 bits per heavy atom. The van der Waals surface area contributed by atoms with Gasteiger partial charge in [0.15, 0.2) is 0 Å². The van der Waals surface area contributed by atoms with Crippen molar-refractivity contribution < 1.29 is 14.3 Å². The van der Waals surface area contributed by atoms with E-state index in [2.05, 4.69) is 6.07 Å². The number of hydrogen-bond donors (Lipinski definition) is 0. The Kier molecular flexibility index (Phi) is 5.82. The van der Waals surface area contributed by atoms with Crippen molar-refractivity contribution in [3.05, 3.63) is 65.2 Å². The maximum Gasteiger partial charge on any atom is 0.289 e. The highest BCUT2D eigenvalue weighted by atomic mass is 32.2. The van der Waals surface area contributed by atoms with Gasteiger partial charge in [-0.25, -0.2) is 0 Å². The summed E-state index contributed by atoms with van der Waals surface area (Å²) in [4.78, 5) is 25.8. The zero-order valence-electron chi connectivity index (χ0n) is 15.2. The molecule has 3 rings (SSSR count). The zero-order valence-corrected chi connectivity index (χ0v) is 16.0. The van der Waals surface area contributed by atoms with Crippen LogP contribution in [0.1, 0.15) is 30.5 Å². The zero-order chi connectivity index (χ0) is 19.4. The van der Waals surface area contributed by atoms with Gasteiger partial charge >= 0.3 is 0 Å². The Morgan fingerprint density at radius 1 is 1.19 bits per heavy atom. The minimum absolute atomic E-state index is 0.127. The quantitative estimate of drug-likeness (QED) is 0.753.